The fraction of sp³-hybridized carbons (Fsp3) is 1.00. The molecule has 1 unspecified atom stereocenters. The van der Waals surface area contributed by atoms with Gasteiger partial charge >= 0.3 is 0 Å². The zero-order valence-corrected chi connectivity index (χ0v) is 4.09. The first-order valence-corrected chi connectivity index (χ1v) is 2.21. The van der Waals surface area contributed by atoms with Gasteiger partial charge in [-0.2, -0.15) is 4.91 Å². The normalized spacial score (nSPS) is 48.6. The Kier molecular flexibility index (Phi) is 0.698. The van der Waals surface area contributed by atoms with E-state index in [4.69, 9.17) is 5.11 Å². The highest BCUT2D eigenvalue weighted by atomic mass is 16.3. The number of rotatable bonds is 1. The van der Waals surface area contributed by atoms with Gasteiger partial charge < -0.3 is 5.11 Å². The third-order valence-electron chi connectivity index (χ3n) is 1.29. The first kappa shape index (κ1) is 4.71. The van der Waals surface area contributed by atoms with Gasteiger partial charge in [0.05, 0.1) is 5.60 Å². The summed E-state index contributed by atoms with van der Waals surface area (Å²) in [4.78, 5) is 9.57. The van der Waals surface area contributed by atoms with Crippen LogP contribution in [0.25, 0.3) is 0 Å². The van der Waals surface area contributed by atoms with E-state index in [9.17, 15) is 4.91 Å². The van der Waals surface area contributed by atoms with Crippen molar-refractivity contribution in [3.8, 4) is 0 Å². The summed E-state index contributed by atoms with van der Waals surface area (Å²) < 4.78 is 0. The van der Waals surface area contributed by atoms with Crippen molar-refractivity contribution in [2.24, 2.45) is 5.18 Å². The van der Waals surface area contributed by atoms with E-state index in [2.05, 4.69) is 5.18 Å². The van der Waals surface area contributed by atoms with Gasteiger partial charge in [0.15, 0.2) is 0 Å². The summed E-state index contributed by atoms with van der Waals surface area (Å²) in [6, 6.07) is -0.326. The zero-order chi connectivity index (χ0) is 5.49. The predicted octanol–water partition coefficient (Wildman–Crippen LogP) is 0.276. The summed E-state index contributed by atoms with van der Waals surface area (Å²) in [5.74, 6) is 0. The lowest BCUT2D eigenvalue weighted by molar-refractivity contribution is 0.165. The monoisotopic (exact) mass is 101 g/mol. The van der Waals surface area contributed by atoms with E-state index in [1.54, 1.807) is 6.92 Å². The van der Waals surface area contributed by atoms with E-state index in [1.807, 2.05) is 0 Å². The van der Waals surface area contributed by atoms with E-state index in [0.29, 0.717) is 6.42 Å². The Morgan fingerprint density at radius 2 is 2.43 bits per heavy atom. The third-order valence-corrected chi connectivity index (χ3v) is 1.29. The quantitative estimate of drug-likeness (QED) is 0.482. The lowest BCUT2D eigenvalue weighted by Gasteiger charge is -1.90. The van der Waals surface area contributed by atoms with Gasteiger partial charge in [-0.25, -0.2) is 0 Å². The molecule has 0 amide bonds. The second-order valence-electron chi connectivity index (χ2n) is 2.18. The number of hydrogen-bond acceptors (Lipinski definition) is 3. The number of nitroso groups, excluding NO2 is 1. The minimum absolute atomic E-state index is 0.326. The number of nitrogens with zero attached hydrogens (tertiary/aromatic N) is 1. The van der Waals surface area contributed by atoms with Crippen LogP contribution in [-0.2, 0) is 0 Å². The first-order chi connectivity index (χ1) is 3.17. The van der Waals surface area contributed by atoms with Crippen LogP contribution in [0.3, 0.4) is 0 Å². The van der Waals surface area contributed by atoms with Crippen molar-refractivity contribution in [2.45, 2.75) is 25.0 Å². The molecule has 1 rings (SSSR count). The molecule has 0 aliphatic heterocycles. The zero-order valence-electron chi connectivity index (χ0n) is 4.09. The van der Waals surface area contributed by atoms with E-state index in [0.717, 1.165) is 0 Å². The molecule has 40 valence electrons. The van der Waals surface area contributed by atoms with Gasteiger partial charge in [0.1, 0.15) is 6.04 Å². The maximum absolute atomic E-state index is 9.57. The van der Waals surface area contributed by atoms with Gasteiger partial charge in [-0.05, 0) is 6.92 Å². The van der Waals surface area contributed by atoms with Crippen LogP contribution in [-0.4, -0.2) is 16.7 Å². The molecular formula is C4H7NO2. The molecule has 2 atom stereocenters. The second-order valence-corrected chi connectivity index (χ2v) is 2.18. The molecule has 0 radical (unpaired) electrons. The van der Waals surface area contributed by atoms with Crippen LogP contribution in [0.4, 0.5) is 0 Å². The summed E-state index contributed by atoms with van der Waals surface area (Å²) in [5.41, 5.74) is -0.762. The maximum Gasteiger partial charge on any atom is 0.123 e. The van der Waals surface area contributed by atoms with Crippen molar-refractivity contribution in [3.63, 3.8) is 0 Å². The van der Waals surface area contributed by atoms with E-state index in [-0.39, 0.29) is 6.04 Å². The molecule has 1 aliphatic carbocycles. The van der Waals surface area contributed by atoms with Gasteiger partial charge in [-0.3, -0.25) is 0 Å². The Balaban J connectivity index is 2.44. The van der Waals surface area contributed by atoms with E-state index < -0.39 is 5.60 Å². The maximum atomic E-state index is 9.57. The van der Waals surface area contributed by atoms with Gasteiger partial charge in [0, 0.05) is 6.42 Å². The van der Waals surface area contributed by atoms with Crippen LogP contribution in [0.15, 0.2) is 5.18 Å². The average molecular weight is 101 g/mol. The first-order valence-electron chi connectivity index (χ1n) is 2.21. The van der Waals surface area contributed by atoms with Crippen molar-refractivity contribution >= 4 is 0 Å². The molecule has 0 aromatic heterocycles. The van der Waals surface area contributed by atoms with Crippen LogP contribution in [0.5, 0.6) is 0 Å². The molecule has 7 heavy (non-hydrogen) atoms. The van der Waals surface area contributed by atoms with Crippen LogP contribution in [0, 0.1) is 4.91 Å². The Bertz CT molecular complexity index is 99.9. The molecule has 1 saturated carbocycles. The highest BCUT2D eigenvalue weighted by Gasteiger charge is 2.50. The van der Waals surface area contributed by atoms with Crippen molar-refractivity contribution in [1.29, 1.82) is 0 Å². The topological polar surface area (TPSA) is 49.7 Å². The van der Waals surface area contributed by atoms with Gasteiger partial charge in [-0.1, -0.05) is 5.18 Å². The van der Waals surface area contributed by atoms with Crippen molar-refractivity contribution in [1.82, 2.24) is 0 Å². The van der Waals surface area contributed by atoms with Crippen LogP contribution in [0.1, 0.15) is 13.3 Å². The highest BCUT2D eigenvalue weighted by molar-refractivity contribution is 5.05. The molecule has 3 nitrogen and oxygen atoms in total. The molecule has 0 aromatic carbocycles. The summed E-state index contributed by atoms with van der Waals surface area (Å²) in [7, 11) is 0. The predicted molar refractivity (Wildman–Crippen MR) is 24.8 cm³/mol. The molecule has 0 spiro atoms. The average Bonchev–Trinajstić information content (AvgIpc) is 2.13. The fourth-order valence-corrected chi connectivity index (χ4v) is 0.483. The Labute approximate surface area is 41.3 Å². The summed E-state index contributed by atoms with van der Waals surface area (Å²) in [6.07, 6.45) is 0.538. The second kappa shape index (κ2) is 1.04. The minimum atomic E-state index is -0.762. The van der Waals surface area contributed by atoms with Crippen molar-refractivity contribution < 1.29 is 5.11 Å². The molecule has 0 bridgehead atoms. The van der Waals surface area contributed by atoms with Gasteiger partial charge in [0.2, 0.25) is 0 Å². The molecule has 3 heteroatoms. The molecular weight excluding hydrogens is 94.0 g/mol. The highest BCUT2D eigenvalue weighted by Crippen LogP contribution is 2.37. The Morgan fingerprint density at radius 3 is 2.43 bits per heavy atom. The lowest BCUT2D eigenvalue weighted by Crippen LogP contribution is -2.03. The lowest BCUT2D eigenvalue weighted by atomic mass is 10.4. The minimum Gasteiger partial charge on any atom is -0.388 e. The molecule has 1 aliphatic rings. The van der Waals surface area contributed by atoms with Crippen molar-refractivity contribution in [2.75, 3.05) is 0 Å². The van der Waals surface area contributed by atoms with Crippen LogP contribution >= 0.6 is 0 Å². The van der Waals surface area contributed by atoms with Gasteiger partial charge in [0.25, 0.3) is 0 Å². The summed E-state index contributed by atoms with van der Waals surface area (Å²) in [6.45, 7) is 1.61. The summed E-state index contributed by atoms with van der Waals surface area (Å²) >= 11 is 0. The Hall–Kier alpha value is -0.440. The van der Waals surface area contributed by atoms with Crippen LogP contribution in [0.2, 0.25) is 0 Å². The molecule has 0 aromatic rings. The SMILES string of the molecule is C[C@]1(O)CC1N=O. The number of aliphatic hydroxyl groups is 1. The van der Waals surface area contributed by atoms with E-state index >= 15 is 0 Å². The molecule has 1 N–H and O–H groups in total. The molecule has 0 heterocycles. The molecule has 1 fully saturated rings. The Morgan fingerprint density at radius 1 is 2.00 bits per heavy atom. The third kappa shape index (κ3) is 0.632. The standard InChI is InChI=1S/C4H7NO2/c1-4(6)2-3(4)5-7/h3,6H,2H2,1H3/t3?,4-/m0/s1. The summed E-state index contributed by atoms with van der Waals surface area (Å²) in [5, 5.41) is 11.5. The van der Waals surface area contributed by atoms with Gasteiger partial charge in [-0.15, -0.1) is 0 Å². The molecule has 0 saturated heterocycles. The largest absolute Gasteiger partial charge is 0.388 e. The van der Waals surface area contributed by atoms with E-state index in [1.165, 1.54) is 0 Å². The fourth-order valence-electron chi connectivity index (χ4n) is 0.483. The van der Waals surface area contributed by atoms with Crippen LogP contribution < -0.4 is 0 Å². The van der Waals surface area contributed by atoms with Crippen molar-refractivity contribution in [3.05, 3.63) is 4.91 Å². The number of hydrogen-bond donors (Lipinski definition) is 1. The smallest absolute Gasteiger partial charge is 0.123 e.